The van der Waals surface area contributed by atoms with Crippen molar-refractivity contribution >= 4 is 78.4 Å². The monoisotopic (exact) mass is 546 g/mol. The first-order chi connectivity index (χ1) is 17.3. The first kappa shape index (κ1) is 24.0. The molecule has 1 unspecified atom stereocenters. The summed E-state index contributed by atoms with van der Waals surface area (Å²) in [7, 11) is 1.27. The number of rotatable bonds is 7. The topological polar surface area (TPSA) is 193 Å². The number of fused-ring (bicyclic) bond motifs is 2. The van der Waals surface area contributed by atoms with Crippen molar-refractivity contribution in [3.05, 3.63) is 40.8 Å². The zero-order valence-corrected chi connectivity index (χ0v) is 21.0. The fourth-order valence-electron chi connectivity index (χ4n) is 3.95. The first-order valence-electron chi connectivity index (χ1n) is 10.3. The van der Waals surface area contributed by atoms with Gasteiger partial charge < -0.3 is 31.5 Å². The molecule has 13 nitrogen and oxygen atoms in total. The van der Waals surface area contributed by atoms with E-state index < -0.39 is 29.2 Å². The molecule has 3 aromatic rings. The summed E-state index contributed by atoms with van der Waals surface area (Å²) < 4.78 is 2.68. The lowest BCUT2D eigenvalue weighted by molar-refractivity contribution is -0.687. The first-order valence-corrected chi connectivity index (χ1v) is 13.1. The van der Waals surface area contributed by atoms with Crippen LogP contribution >= 0.6 is 34.4 Å². The van der Waals surface area contributed by atoms with Gasteiger partial charge >= 0.3 is 0 Å². The van der Waals surface area contributed by atoms with Crippen LogP contribution in [0, 0.1) is 0 Å². The van der Waals surface area contributed by atoms with Gasteiger partial charge in [0.15, 0.2) is 34.9 Å². The fourth-order valence-corrected chi connectivity index (χ4v) is 6.53. The minimum absolute atomic E-state index is 0.150. The highest BCUT2D eigenvalue weighted by Crippen LogP contribution is 2.40. The molecule has 2 amide bonds. The van der Waals surface area contributed by atoms with Crippen molar-refractivity contribution in [3.63, 3.8) is 0 Å². The van der Waals surface area contributed by atoms with Gasteiger partial charge in [-0.05, 0) is 0 Å². The number of nitrogens with zero attached hydrogens (tertiary/aromatic N) is 5. The number of anilines is 2. The average molecular weight is 547 g/mol. The predicted octanol–water partition coefficient (Wildman–Crippen LogP) is -1.34. The van der Waals surface area contributed by atoms with Crippen molar-refractivity contribution in [2.24, 2.45) is 5.16 Å². The van der Waals surface area contributed by atoms with Gasteiger partial charge in [0.25, 0.3) is 11.8 Å². The van der Waals surface area contributed by atoms with Gasteiger partial charge in [-0.3, -0.25) is 14.5 Å². The summed E-state index contributed by atoms with van der Waals surface area (Å²) in [6.45, 7) is 0.215. The van der Waals surface area contributed by atoms with E-state index in [-0.39, 0.29) is 28.8 Å². The molecule has 16 heteroatoms. The molecule has 2 atom stereocenters. The Balaban J connectivity index is 1.36. The second-order valence-corrected chi connectivity index (χ2v) is 10.8. The van der Waals surface area contributed by atoms with Gasteiger partial charge in [0, 0.05) is 22.8 Å². The Morgan fingerprint density at radius 3 is 2.86 bits per heavy atom. The summed E-state index contributed by atoms with van der Waals surface area (Å²) in [4.78, 5) is 52.1. The number of amides is 2. The number of carboxylic acid groups (broad SMARTS) is 1. The Labute approximate surface area is 215 Å². The maximum absolute atomic E-state index is 13.0. The van der Waals surface area contributed by atoms with Gasteiger partial charge in [0.1, 0.15) is 29.7 Å². The van der Waals surface area contributed by atoms with E-state index in [9.17, 15) is 19.5 Å². The van der Waals surface area contributed by atoms with Crippen molar-refractivity contribution < 1.29 is 28.9 Å². The summed E-state index contributed by atoms with van der Waals surface area (Å²) in [6.07, 6.45) is 3.56. The van der Waals surface area contributed by atoms with E-state index in [1.54, 1.807) is 17.0 Å². The van der Waals surface area contributed by atoms with E-state index in [1.165, 1.54) is 35.6 Å². The van der Waals surface area contributed by atoms with Crippen molar-refractivity contribution in [2.75, 3.05) is 24.3 Å². The zero-order valence-electron chi connectivity index (χ0n) is 18.5. The predicted molar refractivity (Wildman–Crippen MR) is 131 cm³/mol. The molecule has 2 aliphatic rings. The Morgan fingerprint density at radius 1 is 1.36 bits per heavy atom. The number of carbonyl (C=O) groups excluding carboxylic acids is 3. The van der Waals surface area contributed by atoms with E-state index in [2.05, 4.69) is 20.4 Å². The molecular formula is C20H18N8O5S3. The molecule has 0 spiro atoms. The van der Waals surface area contributed by atoms with E-state index in [0.717, 1.165) is 20.9 Å². The van der Waals surface area contributed by atoms with Crippen LogP contribution in [0.1, 0.15) is 5.69 Å². The van der Waals surface area contributed by atoms with Crippen molar-refractivity contribution in [3.8, 4) is 0 Å². The molecule has 2 aliphatic heterocycles. The quantitative estimate of drug-likeness (QED) is 0.138. The number of nitrogens with one attached hydrogen (secondary N) is 1. The van der Waals surface area contributed by atoms with Gasteiger partial charge in [-0.25, -0.2) is 9.97 Å². The minimum atomic E-state index is -1.47. The number of nitrogens with two attached hydrogens (primary N) is 2. The number of hydrogen-bond donors (Lipinski definition) is 3. The molecule has 36 heavy (non-hydrogen) atoms. The van der Waals surface area contributed by atoms with E-state index >= 15 is 0 Å². The number of aliphatic carboxylic acids is 1. The highest BCUT2D eigenvalue weighted by atomic mass is 32.2. The van der Waals surface area contributed by atoms with Crippen LogP contribution in [0.2, 0.25) is 0 Å². The molecule has 3 aromatic heterocycles. The molecule has 0 saturated carbocycles. The van der Waals surface area contributed by atoms with Gasteiger partial charge in [0.2, 0.25) is 0 Å². The number of oxime groups is 1. The lowest BCUT2D eigenvalue weighted by Gasteiger charge is -2.50. The SMILES string of the molecule is CO/N=C(\C(=O)NC1C(=O)N2C(C(=O)[O-])=C(C[n+]3ccc4sc(N)nc4c3)CS[C@@H]12)c1csc(N)n1. The van der Waals surface area contributed by atoms with Gasteiger partial charge in [0.05, 0.1) is 16.4 Å². The van der Waals surface area contributed by atoms with Gasteiger partial charge in [-0.15, -0.1) is 23.1 Å². The lowest BCUT2D eigenvalue weighted by Crippen LogP contribution is -2.71. The van der Waals surface area contributed by atoms with E-state index in [4.69, 9.17) is 16.3 Å². The number of pyridine rings is 1. The average Bonchev–Trinajstić information content (AvgIpc) is 3.44. The molecule has 0 bridgehead atoms. The van der Waals surface area contributed by atoms with Crippen molar-refractivity contribution in [1.29, 1.82) is 0 Å². The highest BCUT2D eigenvalue weighted by Gasteiger charge is 2.53. The fraction of sp³-hybridized carbons (Fsp3) is 0.250. The van der Waals surface area contributed by atoms with Gasteiger partial charge in [-0.1, -0.05) is 16.5 Å². The summed E-state index contributed by atoms with van der Waals surface area (Å²) in [5.74, 6) is -2.42. The summed E-state index contributed by atoms with van der Waals surface area (Å²) in [5, 5.41) is 20.0. The Hall–Kier alpha value is -3.76. The van der Waals surface area contributed by atoms with Crippen molar-refractivity contribution in [1.82, 2.24) is 20.2 Å². The number of carboxylic acids is 1. The third-order valence-electron chi connectivity index (χ3n) is 5.47. The number of β-lactam (4-membered cyclic amide) rings is 1. The van der Waals surface area contributed by atoms with Crippen LogP contribution in [0.25, 0.3) is 10.2 Å². The smallest absolute Gasteiger partial charge is 0.276 e. The molecule has 5 N–H and O–H groups in total. The molecular weight excluding hydrogens is 528 g/mol. The Morgan fingerprint density at radius 2 is 2.17 bits per heavy atom. The summed E-state index contributed by atoms with van der Waals surface area (Å²) in [6, 6.07) is 0.884. The number of thiazole rings is 2. The molecule has 5 rings (SSSR count). The molecule has 0 aromatic carbocycles. The molecule has 0 radical (unpaired) electrons. The number of aromatic nitrogens is 3. The van der Waals surface area contributed by atoms with Crippen LogP contribution in [0.4, 0.5) is 10.3 Å². The lowest BCUT2D eigenvalue weighted by atomic mass is 10.0. The highest BCUT2D eigenvalue weighted by molar-refractivity contribution is 8.00. The van der Waals surface area contributed by atoms with Gasteiger partial charge in [-0.2, -0.15) is 4.57 Å². The summed E-state index contributed by atoms with van der Waals surface area (Å²) >= 11 is 3.81. The molecule has 1 saturated heterocycles. The second kappa shape index (κ2) is 9.36. The molecule has 1 fully saturated rings. The maximum Gasteiger partial charge on any atom is 0.276 e. The minimum Gasteiger partial charge on any atom is -0.543 e. The Bertz CT molecular complexity index is 1460. The second-order valence-electron chi connectivity index (χ2n) is 7.71. The van der Waals surface area contributed by atoms with Crippen LogP contribution < -0.4 is 26.5 Å². The molecule has 186 valence electrons. The zero-order chi connectivity index (χ0) is 25.6. The molecule has 0 aliphatic carbocycles. The third kappa shape index (κ3) is 4.22. The van der Waals surface area contributed by atoms with Crippen LogP contribution in [0.3, 0.4) is 0 Å². The van der Waals surface area contributed by atoms with Crippen LogP contribution in [0.15, 0.2) is 40.3 Å². The normalized spacial score (nSPS) is 19.8. The van der Waals surface area contributed by atoms with Crippen LogP contribution in [-0.4, -0.2) is 62.6 Å². The maximum atomic E-state index is 13.0. The van der Waals surface area contributed by atoms with E-state index in [0.29, 0.717) is 22.0 Å². The number of nitrogen functional groups attached to an aromatic ring is 2. The van der Waals surface area contributed by atoms with Crippen LogP contribution in [0.5, 0.6) is 0 Å². The Kier molecular flexibility index (Phi) is 6.23. The number of hydrogen-bond acceptors (Lipinski definition) is 13. The largest absolute Gasteiger partial charge is 0.543 e. The molecule has 5 heterocycles. The van der Waals surface area contributed by atoms with Crippen LogP contribution in [-0.2, 0) is 25.8 Å². The number of thioether (sulfide) groups is 1. The number of carbonyl (C=O) groups is 3. The standard InChI is InChI=1S/C20H18N8O5S3/c1-33-26-12(10-7-35-19(21)24-10)15(29)25-13-16(30)28-14(18(31)32)8(6-34-17(13)28)4-27-3-2-11-9(5-27)23-20(22)36-11/h2-3,5,7,13,17H,4,6H2,1H3,(H5-,21,22,23,24,25,29,31,32)/b26-12-/t13?,17-/m0/s1. The third-order valence-corrected chi connectivity index (χ3v) is 8.35. The summed E-state index contributed by atoms with van der Waals surface area (Å²) in [5.41, 5.74) is 12.4. The van der Waals surface area contributed by atoms with Crippen molar-refractivity contribution in [2.45, 2.75) is 18.0 Å². The van der Waals surface area contributed by atoms with E-state index in [1.807, 2.05) is 6.07 Å².